The van der Waals surface area contributed by atoms with Gasteiger partial charge in [0.2, 0.25) is 5.91 Å². The third-order valence-electron chi connectivity index (χ3n) is 12.5. The van der Waals surface area contributed by atoms with Crippen LogP contribution in [-0.2, 0) is 41.3 Å². The minimum atomic E-state index is -0.335. The molecule has 0 fully saturated rings. The second-order valence-electron chi connectivity index (χ2n) is 17.2. The monoisotopic (exact) mass is 1230 g/mol. The van der Waals surface area contributed by atoms with Gasteiger partial charge in [0.25, 0.3) is 0 Å². The summed E-state index contributed by atoms with van der Waals surface area (Å²) in [4.78, 5) is 40.3. The summed E-state index contributed by atoms with van der Waals surface area (Å²) in [5, 5.41) is 0. The van der Waals surface area contributed by atoms with Gasteiger partial charge in [-0.1, -0.05) is 334 Å². The molecule has 2 atom stereocenters. The largest absolute Gasteiger partial charge is 0.338 e. The van der Waals surface area contributed by atoms with Crippen molar-refractivity contribution in [3.8, 4) is 0 Å². The Bertz CT molecular complexity index is 2050. The van der Waals surface area contributed by atoms with Gasteiger partial charge in [-0.2, -0.15) is 0 Å². The number of aromatic nitrogens is 2. The maximum Gasteiger partial charge on any atom is 0.319 e. The van der Waals surface area contributed by atoms with E-state index in [1.54, 1.807) is 4.90 Å². The Morgan fingerprint density at radius 2 is 0.659 bits per heavy atom. The topological polar surface area (TPSA) is 69.6 Å². The van der Waals surface area contributed by atoms with Gasteiger partial charge in [0.1, 0.15) is 0 Å². The van der Waals surface area contributed by atoms with Crippen LogP contribution in [0.3, 0.4) is 0 Å². The molecule has 0 saturated heterocycles. The molecule has 2 aliphatic carbocycles. The quantitative estimate of drug-likeness (QED) is 0.188. The Labute approximate surface area is 555 Å². The third kappa shape index (κ3) is 34.2. The highest BCUT2D eigenvalue weighted by Gasteiger charge is 2.42. The molecular formula is C81H157N5O2. The summed E-state index contributed by atoms with van der Waals surface area (Å²) in [5.74, 6) is 0.229. The SMILES string of the molecule is C.CC.CC.CC.CC.CC.CC.CC.CC.CC.CC.CC.CC.CC.CC.CC.CC.CC(C)(C)C(=O)N1CC=C(C2(C)c3ccccc3CCc3cccnc32)CC1.CN(C)C(=O)N1CC=C(C2(C)c3ccccc3CCc3cccnc32)CC1. The lowest BCUT2D eigenvalue weighted by molar-refractivity contribution is -0.139. The molecular weight excluding hydrogens is 1070 g/mol. The van der Waals surface area contributed by atoms with E-state index in [2.05, 4.69) is 86.7 Å². The van der Waals surface area contributed by atoms with Gasteiger partial charge in [0.15, 0.2) is 0 Å². The van der Waals surface area contributed by atoms with Crippen LogP contribution >= 0.6 is 0 Å². The first-order chi connectivity index (χ1) is 42.3. The smallest absolute Gasteiger partial charge is 0.319 e. The molecule has 0 spiro atoms. The van der Waals surface area contributed by atoms with Crippen LogP contribution in [0.1, 0.15) is 321 Å². The number of hydrogen-bond acceptors (Lipinski definition) is 4. The summed E-state index contributed by atoms with van der Waals surface area (Å²) < 4.78 is 0. The fourth-order valence-corrected chi connectivity index (χ4v) is 9.44. The van der Waals surface area contributed by atoms with Crippen LogP contribution in [0.5, 0.6) is 0 Å². The first-order valence-corrected chi connectivity index (χ1v) is 36.0. The van der Waals surface area contributed by atoms with Crippen molar-refractivity contribution in [3.05, 3.63) is 153 Å². The van der Waals surface area contributed by atoms with E-state index in [1.807, 2.05) is 291 Å². The molecule has 4 aromatic rings. The van der Waals surface area contributed by atoms with Crippen LogP contribution in [0.25, 0.3) is 0 Å². The molecule has 2 aliphatic heterocycles. The molecule has 4 heterocycles. The lowest BCUT2D eigenvalue weighted by Gasteiger charge is -2.39. The van der Waals surface area contributed by atoms with E-state index in [0.717, 1.165) is 51.6 Å². The van der Waals surface area contributed by atoms with E-state index in [9.17, 15) is 9.59 Å². The normalized spacial score (nSPS) is 14.7. The van der Waals surface area contributed by atoms with Gasteiger partial charge in [-0.25, -0.2) is 4.79 Å². The van der Waals surface area contributed by atoms with Crippen LogP contribution < -0.4 is 0 Å². The Morgan fingerprint density at radius 3 is 0.920 bits per heavy atom. The maximum atomic E-state index is 12.7. The van der Waals surface area contributed by atoms with E-state index in [-0.39, 0.29) is 35.6 Å². The Balaban J connectivity index is -0.000000102. The van der Waals surface area contributed by atoms with Crippen LogP contribution in [0, 0.1) is 5.41 Å². The molecule has 7 nitrogen and oxygen atoms in total. The zero-order valence-electron chi connectivity index (χ0n) is 65.9. The van der Waals surface area contributed by atoms with Gasteiger partial charge in [-0.3, -0.25) is 14.8 Å². The number of fused-ring (bicyclic) bond motifs is 4. The predicted octanol–water partition coefficient (Wildman–Crippen LogP) is 25.5. The summed E-state index contributed by atoms with van der Waals surface area (Å²) in [6.45, 7) is 77.5. The number of carbonyl (C=O) groups is 2. The first-order valence-electron chi connectivity index (χ1n) is 36.0. The molecule has 3 amide bonds. The molecule has 2 unspecified atom stereocenters. The van der Waals surface area contributed by atoms with E-state index >= 15 is 0 Å². The van der Waals surface area contributed by atoms with E-state index in [0.29, 0.717) is 13.1 Å². The minimum absolute atomic E-state index is 0. The van der Waals surface area contributed by atoms with Gasteiger partial charge < -0.3 is 14.7 Å². The number of nitrogens with zero attached hydrogens (tertiary/aromatic N) is 5. The molecule has 0 N–H and O–H groups in total. The van der Waals surface area contributed by atoms with E-state index in [4.69, 9.17) is 9.97 Å². The molecule has 88 heavy (non-hydrogen) atoms. The first kappa shape index (κ1) is 108. The van der Waals surface area contributed by atoms with Crippen LogP contribution in [0.4, 0.5) is 4.79 Å². The van der Waals surface area contributed by atoms with Crippen molar-refractivity contribution in [2.24, 2.45) is 5.41 Å². The summed E-state index contributed by atoms with van der Waals surface area (Å²) in [7, 11) is 3.62. The second kappa shape index (κ2) is 72.7. The number of benzene rings is 2. The standard InChI is InChI=1S/C25H30N2O.C23H27N3O.16C2H6.CH4/c1-24(2,3)23(28)27-16-13-20(14-17-27)25(4)21-10-6-5-8-18(21)11-12-19-9-7-15-26-22(19)25;1-23(19-12-15-26(16-13-19)22(27)25(2)3)20-9-5-4-7-17(20)10-11-18-8-6-14-24-21(18)23;16*1-2;/h5-10,13,15H,11-12,14,16-17H2,1-4H3;4-9,12,14H,10-11,13,15-16H2,1-3H3;16*1-2H3;1H4. The molecule has 0 bridgehead atoms. The molecule has 518 valence electrons. The van der Waals surface area contributed by atoms with Crippen LogP contribution in [-0.4, -0.2) is 76.9 Å². The highest BCUT2D eigenvalue weighted by Crippen LogP contribution is 2.47. The Hall–Kier alpha value is -5.04. The Morgan fingerprint density at radius 1 is 0.398 bits per heavy atom. The number of pyridine rings is 2. The minimum Gasteiger partial charge on any atom is -0.338 e. The number of amides is 3. The van der Waals surface area contributed by atoms with Crippen LogP contribution in [0.15, 0.2) is 108 Å². The molecule has 0 radical (unpaired) electrons. The van der Waals surface area contributed by atoms with Crippen molar-refractivity contribution >= 4 is 11.9 Å². The summed E-state index contributed by atoms with van der Waals surface area (Å²) in [6, 6.07) is 26.2. The fraction of sp³-hybridized carbons (Fsp3) is 0.654. The molecule has 8 rings (SSSR count). The lowest BCUT2D eigenvalue weighted by atomic mass is 9.69. The van der Waals surface area contributed by atoms with E-state index in [1.165, 1.54) is 55.9 Å². The van der Waals surface area contributed by atoms with Crippen molar-refractivity contribution in [2.75, 3.05) is 40.3 Å². The maximum absolute atomic E-state index is 12.7. The van der Waals surface area contributed by atoms with Crippen molar-refractivity contribution in [1.82, 2.24) is 24.7 Å². The van der Waals surface area contributed by atoms with Crippen molar-refractivity contribution in [1.29, 1.82) is 0 Å². The number of carbonyl (C=O) groups excluding carboxylic acids is 2. The Kier molecular flexibility index (Phi) is 88.9. The molecule has 4 aliphatic rings. The zero-order chi connectivity index (χ0) is 71.0. The zero-order valence-corrected chi connectivity index (χ0v) is 65.9. The van der Waals surface area contributed by atoms with Gasteiger partial charge in [0.05, 0.1) is 22.2 Å². The van der Waals surface area contributed by atoms with Gasteiger partial charge in [-0.05, 0) is 97.9 Å². The van der Waals surface area contributed by atoms with Crippen LogP contribution in [0.2, 0.25) is 0 Å². The van der Waals surface area contributed by atoms with E-state index < -0.39 is 0 Å². The van der Waals surface area contributed by atoms with Gasteiger partial charge >= 0.3 is 6.03 Å². The van der Waals surface area contributed by atoms with Crippen molar-refractivity contribution in [3.63, 3.8) is 0 Å². The molecule has 2 aromatic carbocycles. The summed E-state index contributed by atoms with van der Waals surface area (Å²) >= 11 is 0. The number of rotatable bonds is 2. The summed E-state index contributed by atoms with van der Waals surface area (Å²) in [6.07, 6.45) is 14.3. The molecule has 0 saturated carbocycles. The lowest BCUT2D eigenvalue weighted by Crippen LogP contribution is -2.43. The molecule has 7 heteroatoms. The van der Waals surface area contributed by atoms with Gasteiger partial charge in [0, 0.05) is 58.1 Å². The highest BCUT2D eigenvalue weighted by atomic mass is 16.2. The third-order valence-corrected chi connectivity index (χ3v) is 12.5. The number of hydrogen-bond donors (Lipinski definition) is 0. The molecule has 2 aromatic heterocycles. The number of urea groups is 1. The fourth-order valence-electron chi connectivity index (χ4n) is 9.44. The average Bonchev–Trinajstić information content (AvgIpc) is 1.63. The second-order valence-corrected chi connectivity index (χ2v) is 17.2. The highest BCUT2D eigenvalue weighted by molar-refractivity contribution is 5.82. The van der Waals surface area contributed by atoms with Gasteiger partial charge in [-0.15, -0.1) is 0 Å². The van der Waals surface area contributed by atoms with Crippen molar-refractivity contribution < 1.29 is 9.59 Å². The van der Waals surface area contributed by atoms with Crippen molar-refractivity contribution in [2.45, 2.75) is 313 Å². The summed E-state index contributed by atoms with van der Waals surface area (Å²) in [5.41, 5.74) is 12.5. The average molecular weight is 1230 g/mol. The predicted molar refractivity (Wildman–Crippen MR) is 409 cm³/mol. The number of aryl methyl sites for hydroxylation is 4.